The molecule has 6 nitrogen and oxygen atoms in total. The molecule has 0 spiro atoms. The molecule has 6 rings (SSSR count). The predicted molar refractivity (Wildman–Crippen MR) is 181 cm³/mol. The van der Waals surface area contributed by atoms with Crippen molar-refractivity contribution in [1.82, 2.24) is 0 Å². The van der Waals surface area contributed by atoms with E-state index in [0.29, 0.717) is 23.5 Å². The summed E-state index contributed by atoms with van der Waals surface area (Å²) in [6.07, 6.45) is 4.33. The summed E-state index contributed by atoms with van der Waals surface area (Å²) in [5.74, 6) is -3.73. The van der Waals surface area contributed by atoms with Gasteiger partial charge in [0.15, 0.2) is 29.3 Å². The highest BCUT2D eigenvalue weighted by atomic mass is 19.2. The summed E-state index contributed by atoms with van der Waals surface area (Å²) in [4.78, 5) is 10.8. The predicted octanol–water partition coefficient (Wildman–Crippen LogP) is 9.69. The van der Waals surface area contributed by atoms with Crippen molar-refractivity contribution in [1.29, 1.82) is 0 Å². The Morgan fingerprint density at radius 3 is 1.96 bits per heavy atom. The summed E-state index contributed by atoms with van der Waals surface area (Å²) in [6, 6.07) is 19.8. The van der Waals surface area contributed by atoms with Crippen LogP contribution >= 0.6 is 0 Å². The average molecular weight is 695 g/mol. The van der Waals surface area contributed by atoms with E-state index < -0.39 is 47.7 Å². The maximum atomic E-state index is 15.1. The van der Waals surface area contributed by atoms with Gasteiger partial charge in [-0.2, -0.15) is 4.39 Å². The minimum Gasteiger partial charge on any atom is -0.494 e. The molecule has 4 aromatic carbocycles. The number of hydrogen-bond acceptors (Lipinski definition) is 6. The molecule has 0 bridgehead atoms. The molecule has 0 aromatic heterocycles. The van der Waals surface area contributed by atoms with Gasteiger partial charge in [0.05, 0.1) is 19.8 Å². The van der Waals surface area contributed by atoms with Gasteiger partial charge in [0.25, 0.3) is 0 Å². The number of unbranched alkanes of at least 4 members (excludes halogenated alkanes) is 5. The summed E-state index contributed by atoms with van der Waals surface area (Å²) in [5, 5.41) is 0. The first-order valence-electron chi connectivity index (χ1n) is 17.3. The molecule has 2 fully saturated rings. The second-order valence-corrected chi connectivity index (χ2v) is 12.8. The summed E-state index contributed by atoms with van der Waals surface area (Å²) in [5.41, 5.74) is 2.30. The minimum atomic E-state index is -1.11. The summed E-state index contributed by atoms with van der Waals surface area (Å²) >= 11 is 0. The molecule has 2 aliphatic heterocycles. The SMILES string of the molecule is CCCCCCCCOc1ccc(-c2ccc(COOC3COC4C(Oc5ccc(-c6ccc(C)cc6)c(F)c5F)COC34)c(F)c2F)cc1. The van der Waals surface area contributed by atoms with Crippen molar-refractivity contribution < 1.29 is 46.3 Å². The van der Waals surface area contributed by atoms with Gasteiger partial charge in [0.2, 0.25) is 5.82 Å². The molecule has 0 aliphatic carbocycles. The van der Waals surface area contributed by atoms with Crippen molar-refractivity contribution >= 4 is 0 Å². The zero-order valence-corrected chi connectivity index (χ0v) is 28.3. The third kappa shape index (κ3) is 8.32. The molecular formula is C40H42F4O6. The Kier molecular flexibility index (Phi) is 12.1. The quantitative estimate of drug-likeness (QED) is 0.0504. The molecule has 4 atom stereocenters. The first-order valence-corrected chi connectivity index (χ1v) is 17.3. The van der Waals surface area contributed by atoms with E-state index in [2.05, 4.69) is 6.92 Å². The Bertz CT molecular complexity index is 1710. The van der Waals surface area contributed by atoms with Crippen molar-refractivity contribution in [2.24, 2.45) is 0 Å². The highest BCUT2D eigenvalue weighted by Crippen LogP contribution is 2.35. The average Bonchev–Trinajstić information content (AvgIpc) is 3.72. The van der Waals surface area contributed by atoms with Crippen LogP contribution in [0, 0.1) is 30.2 Å². The van der Waals surface area contributed by atoms with E-state index in [-0.39, 0.29) is 42.3 Å². The molecular weight excluding hydrogens is 652 g/mol. The Labute approximate surface area is 290 Å². The van der Waals surface area contributed by atoms with Crippen LogP contribution in [0.4, 0.5) is 17.6 Å². The lowest BCUT2D eigenvalue weighted by molar-refractivity contribution is -0.342. The third-order valence-corrected chi connectivity index (χ3v) is 9.15. The minimum absolute atomic E-state index is 0.0271. The second kappa shape index (κ2) is 16.8. The second-order valence-electron chi connectivity index (χ2n) is 12.8. The molecule has 2 heterocycles. The third-order valence-electron chi connectivity index (χ3n) is 9.15. The van der Waals surface area contributed by atoms with Crippen molar-refractivity contribution in [3.05, 3.63) is 107 Å². The van der Waals surface area contributed by atoms with Crippen molar-refractivity contribution in [2.75, 3.05) is 19.8 Å². The van der Waals surface area contributed by atoms with E-state index >= 15 is 13.2 Å². The van der Waals surface area contributed by atoms with Crippen molar-refractivity contribution in [2.45, 2.75) is 83.4 Å². The standard InChI is InChI=1S/C40H42F4O6/c1-3-4-5-6-7-8-21-45-29-16-13-27(14-17-29)30-18-15-28(35(41)36(30)42)22-48-50-34-24-47-39-33(23-46-40(34)39)49-32-20-19-31(37(43)38(32)44)26-11-9-25(2)10-12-26/h9-20,33-34,39-40H,3-8,21-24H2,1-2H3. The van der Waals surface area contributed by atoms with Crippen molar-refractivity contribution in [3.8, 4) is 33.8 Å². The van der Waals surface area contributed by atoms with E-state index in [1.54, 1.807) is 36.4 Å². The zero-order valence-electron chi connectivity index (χ0n) is 28.3. The highest BCUT2D eigenvalue weighted by molar-refractivity contribution is 5.66. The van der Waals surface area contributed by atoms with Gasteiger partial charge in [0.1, 0.15) is 30.7 Å². The van der Waals surface area contributed by atoms with E-state index in [0.717, 1.165) is 18.4 Å². The lowest BCUT2D eigenvalue weighted by atomic mass is 10.0. The lowest BCUT2D eigenvalue weighted by Gasteiger charge is -2.19. The van der Waals surface area contributed by atoms with Crippen LogP contribution < -0.4 is 9.47 Å². The smallest absolute Gasteiger partial charge is 0.201 e. The Morgan fingerprint density at radius 2 is 1.24 bits per heavy atom. The molecule has 266 valence electrons. The van der Waals surface area contributed by atoms with E-state index in [1.165, 1.54) is 49.9 Å². The molecule has 0 saturated carbocycles. The molecule has 2 saturated heterocycles. The Balaban J connectivity index is 0.980. The molecule has 10 heteroatoms. The fourth-order valence-corrected chi connectivity index (χ4v) is 6.27. The first kappa shape index (κ1) is 35.9. The molecule has 50 heavy (non-hydrogen) atoms. The van der Waals surface area contributed by atoms with Crippen LogP contribution in [0.15, 0.2) is 72.8 Å². The molecule has 4 unspecified atom stereocenters. The number of halogens is 4. The van der Waals surface area contributed by atoms with E-state index in [1.807, 2.05) is 19.1 Å². The van der Waals surface area contributed by atoms with Gasteiger partial charge in [0, 0.05) is 16.7 Å². The van der Waals surface area contributed by atoms with Crippen LogP contribution in [0.2, 0.25) is 0 Å². The fourth-order valence-electron chi connectivity index (χ4n) is 6.27. The van der Waals surface area contributed by atoms with Crippen molar-refractivity contribution in [3.63, 3.8) is 0 Å². The molecule has 2 aliphatic rings. The maximum absolute atomic E-state index is 15.1. The number of hydrogen-bond donors (Lipinski definition) is 0. The zero-order chi connectivity index (χ0) is 35.0. The molecule has 4 aromatic rings. The molecule has 0 radical (unpaired) electrons. The van der Waals surface area contributed by atoms with Crippen LogP contribution in [0.5, 0.6) is 11.5 Å². The van der Waals surface area contributed by atoms with Crippen LogP contribution in [-0.2, 0) is 25.9 Å². The maximum Gasteiger partial charge on any atom is 0.201 e. The van der Waals surface area contributed by atoms with Crippen LogP contribution in [-0.4, -0.2) is 44.2 Å². The number of fused-ring (bicyclic) bond motifs is 1. The molecule has 0 amide bonds. The topological polar surface area (TPSA) is 55.4 Å². The van der Waals surface area contributed by atoms with Gasteiger partial charge in [-0.3, -0.25) is 0 Å². The van der Waals surface area contributed by atoms with Gasteiger partial charge in [-0.05, 0) is 48.7 Å². The van der Waals surface area contributed by atoms with Gasteiger partial charge in [-0.15, -0.1) is 0 Å². The van der Waals surface area contributed by atoms with Gasteiger partial charge >= 0.3 is 0 Å². The van der Waals surface area contributed by atoms with Gasteiger partial charge in [-0.25, -0.2) is 22.9 Å². The molecule has 0 N–H and O–H groups in total. The first-order chi connectivity index (χ1) is 24.3. The van der Waals surface area contributed by atoms with E-state index in [9.17, 15) is 4.39 Å². The summed E-state index contributed by atoms with van der Waals surface area (Å²) in [6.45, 7) is 4.47. The Hall–Kier alpha value is -3.96. The van der Waals surface area contributed by atoms with E-state index in [4.69, 9.17) is 28.7 Å². The normalized spacial score (nSPS) is 19.9. The number of benzene rings is 4. The Morgan fingerprint density at radius 1 is 0.640 bits per heavy atom. The van der Waals surface area contributed by atoms with Gasteiger partial charge < -0.3 is 18.9 Å². The summed E-state index contributed by atoms with van der Waals surface area (Å²) < 4.78 is 83.4. The summed E-state index contributed by atoms with van der Waals surface area (Å²) in [7, 11) is 0. The van der Waals surface area contributed by atoms with Crippen LogP contribution in [0.25, 0.3) is 22.3 Å². The monoisotopic (exact) mass is 694 g/mol. The largest absolute Gasteiger partial charge is 0.494 e. The highest BCUT2D eigenvalue weighted by Gasteiger charge is 2.50. The van der Waals surface area contributed by atoms with Gasteiger partial charge in [-0.1, -0.05) is 93.1 Å². The number of rotatable bonds is 16. The van der Waals surface area contributed by atoms with Crippen LogP contribution in [0.3, 0.4) is 0 Å². The lowest BCUT2D eigenvalue weighted by Crippen LogP contribution is -2.35. The number of ether oxygens (including phenoxy) is 4. The number of aryl methyl sites for hydroxylation is 1. The fraction of sp³-hybridized carbons (Fsp3) is 0.400. The van der Waals surface area contributed by atoms with Crippen LogP contribution in [0.1, 0.15) is 56.6 Å².